The fourth-order valence-corrected chi connectivity index (χ4v) is 2.18. The zero-order chi connectivity index (χ0) is 15.4. The molecule has 0 saturated carbocycles. The fraction of sp³-hybridized carbons (Fsp3) is 0.118. The van der Waals surface area contributed by atoms with Gasteiger partial charge in [-0.1, -0.05) is 6.07 Å². The quantitative estimate of drug-likeness (QED) is 0.591. The molecule has 0 aliphatic rings. The van der Waals surface area contributed by atoms with Crippen molar-refractivity contribution in [2.45, 2.75) is 6.92 Å². The molecule has 0 bridgehead atoms. The number of aromatic nitrogens is 2. The summed E-state index contributed by atoms with van der Waals surface area (Å²) in [5, 5.41) is 5.27. The number of benzene rings is 1. The Hall–Kier alpha value is -2.95. The first-order valence-electron chi connectivity index (χ1n) is 6.92. The molecule has 5 nitrogen and oxygen atoms in total. The van der Waals surface area contributed by atoms with Crippen LogP contribution >= 0.6 is 0 Å². The second-order valence-corrected chi connectivity index (χ2v) is 4.83. The molecule has 2 heterocycles. The number of methoxy groups -OCH3 is 1. The molecule has 0 aliphatic heterocycles. The van der Waals surface area contributed by atoms with Crippen LogP contribution in [0.25, 0.3) is 10.9 Å². The number of nitrogens with zero attached hydrogens (tertiary/aromatic N) is 3. The zero-order valence-electron chi connectivity index (χ0n) is 12.4. The van der Waals surface area contributed by atoms with Crippen molar-refractivity contribution in [3.63, 3.8) is 0 Å². The Labute approximate surface area is 128 Å². The van der Waals surface area contributed by atoms with E-state index in [2.05, 4.69) is 20.5 Å². The molecule has 5 heteroatoms. The number of fused-ring (bicyclic) bond motifs is 1. The van der Waals surface area contributed by atoms with Crippen molar-refractivity contribution >= 4 is 22.9 Å². The van der Waals surface area contributed by atoms with Gasteiger partial charge in [0.15, 0.2) is 0 Å². The Morgan fingerprint density at radius 2 is 2.09 bits per heavy atom. The lowest BCUT2D eigenvalue weighted by molar-refractivity contribution is 0.415. The van der Waals surface area contributed by atoms with Gasteiger partial charge >= 0.3 is 0 Å². The van der Waals surface area contributed by atoms with Crippen molar-refractivity contribution in [2.24, 2.45) is 5.10 Å². The summed E-state index contributed by atoms with van der Waals surface area (Å²) in [5.41, 5.74) is 5.73. The molecular formula is C17H16N4O. The molecule has 0 spiro atoms. The Morgan fingerprint density at radius 3 is 2.86 bits per heavy atom. The van der Waals surface area contributed by atoms with E-state index in [1.807, 2.05) is 49.4 Å². The molecule has 1 aromatic carbocycles. The second-order valence-electron chi connectivity index (χ2n) is 4.83. The third-order valence-electron chi connectivity index (χ3n) is 3.29. The van der Waals surface area contributed by atoms with Crippen LogP contribution < -0.4 is 10.2 Å². The highest BCUT2D eigenvalue weighted by molar-refractivity contribution is 5.85. The summed E-state index contributed by atoms with van der Waals surface area (Å²) >= 11 is 0. The van der Waals surface area contributed by atoms with Crippen LogP contribution in [0.2, 0.25) is 0 Å². The van der Waals surface area contributed by atoms with Gasteiger partial charge in [-0.15, -0.1) is 0 Å². The monoisotopic (exact) mass is 292 g/mol. The van der Waals surface area contributed by atoms with Crippen molar-refractivity contribution in [3.05, 3.63) is 59.9 Å². The molecule has 1 N–H and O–H groups in total. The average Bonchev–Trinajstić information content (AvgIpc) is 2.55. The molecular weight excluding hydrogens is 276 g/mol. The summed E-state index contributed by atoms with van der Waals surface area (Å²) in [6.07, 6.45) is 3.39. The first-order chi connectivity index (χ1) is 10.8. The minimum atomic E-state index is 0.686. The van der Waals surface area contributed by atoms with Crippen molar-refractivity contribution in [3.8, 4) is 5.75 Å². The number of aryl methyl sites for hydroxylation is 1. The second kappa shape index (κ2) is 6.22. The minimum absolute atomic E-state index is 0.686. The third-order valence-corrected chi connectivity index (χ3v) is 3.29. The number of nitrogens with one attached hydrogen (secondary N) is 1. The van der Waals surface area contributed by atoms with Crippen LogP contribution in [0.3, 0.4) is 0 Å². The first-order valence-corrected chi connectivity index (χ1v) is 6.92. The number of pyridine rings is 2. The van der Waals surface area contributed by atoms with Gasteiger partial charge in [0.05, 0.1) is 24.5 Å². The van der Waals surface area contributed by atoms with Crippen molar-refractivity contribution < 1.29 is 4.74 Å². The third kappa shape index (κ3) is 3.03. The molecule has 3 aromatic rings. The van der Waals surface area contributed by atoms with E-state index in [0.717, 1.165) is 27.9 Å². The molecule has 0 saturated heterocycles. The van der Waals surface area contributed by atoms with Gasteiger partial charge in [-0.05, 0) is 42.8 Å². The molecule has 0 radical (unpaired) electrons. The topological polar surface area (TPSA) is 59.4 Å². The van der Waals surface area contributed by atoms with Crippen LogP contribution in [-0.2, 0) is 0 Å². The molecule has 0 aliphatic carbocycles. The van der Waals surface area contributed by atoms with Crippen LogP contribution in [0.4, 0.5) is 5.82 Å². The van der Waals surface area contributed by atoms with Gasteiger partial charge < -0.3 is 4.74 Å². The Balaban J connectivity index is 1.86. The van der Waals surface area contributed by atoms with Crippen molar-refractivity contribution in [1.82, 2.24) is 9.97 Å². The van der Waals surface area contributed by atoms with Gasteiger partial charge in [-0.25, -0.2) is 4.98 Å². The van der Waals surface area contributed by atoms with Crippen LogP contribution in [0.5, 0.6) is 5.75 Å². The lowest BCUT2D eigenvalue weighted by atomic mass is 10.1. The summed E-state index contributed by atoms with van der Waals surface area (Å²) in [7, 11) is 1.65. The smallest absolute Gasteiger partial charge is 0.147 e. The van der Waals surface area contributed by atoms with E-state index in [4.69, 9.17) is 4.74 Å². The SMILES string of the molecule is COc1ccc2c(C)cc(N/N=C/c3ccccn3)nc2c1. The molecule has 0 atom stereocenters. The van der Waals surface area contributed by atoms with Crippen LogP contribution in [0.1, 0.15) is 11.3 Å². The minimum Gasteiger partial charge on any atom is -0.497 e. The van der Waals surface area contributed by atoms with Crippen LogP contribution in [0.15, 0.2) is 53.8 Å². The number of anilines is 1. The fourth-order valence-electron chi connectivity index (χ4n) is 2.18. The molecule has 0 unspecified atom stereocenters. The molecule has 0 amide bonds. The molecule has 2 aromatic heterocycles. The first kappa shape index (κ1) is 14.0. The summed E-state index contributed by atoms with van der Waals surface area (Å²) in [4.78, 5) is 8.72. The molecule has 22 heavy (non-hydrogen) atoms. The molecule has 0 fully saturated rings. The molecule has 110 valence electrons. The highest BCUT2D eigenvalue weighted by atomic mass is 16.5. The summed E-state index contributed by atoms with van der Waals surface area (Å²) in [5.74, 6) is 1.47. The standard InChI is InChI=1S/C17H16N4O/c1-12-9-17(21-19-11-13-5-3-4-8-18-13)20-16-10-14(22-2)6-7-15(12)16/h3-11H,1-2H3,(H,20,21)/b19-11+. The van der Waals surface area contributed by atoms with Gasteiger partial charge in [0.1, 0.15) is 11.6 Å². The van der Waals surface area contributed by atoms with E-state index in [0.29, 0.717) is 5.82 Å². The zero-order valence-corrected chi connectivity index (χ0v) is 12.4. The van der Waals surface area contributed by atoms with E-state index in [1.165, 1.54) is 0 Å². The van der Waals surface area contributed by atoms with Crippen molar-refractivity contribution in [1.29, 1.82) is 0 Å². The van der Waals surface area contributed by atoms with E-state index >= 15 is 0 Å². The Kier molecular flexibility index (Phi) is 3.96. The number of hydrogen-bond acceptors (Lipinski definition) is 5. The van der Waals surface area contributed by atoms with Crippen LogP contribution in [0, 0.1) is 6.92 Å². The number of hydrazone groups is 1. The average molecular weight is 292 g/mol. The van der Waals surface area contributed by atoms with E-state index in [9.17, 15) is 0 Å². The summed E-state index contributed by atoms with van der Waals surface area (Å²) in [6, 6.07) is 13.5. The lowest BCUT2D eigenvalue weighted by Gasteiger charge is -2.07. The predicted molar refractivity (Wildman–Crippen MR) is 88.5 cm³/mol. The van der Waals surface area contributed by atoms with Gasteiger partial charge in [0.2, 0.25) is 0 Å². The van der Waals surface area contributed by atoms with E-state index < -0.39 is 0 Å². The Bertz CT molecular complexity index is 816. The van der Waals surface area contributed by atoms with Gasteiger partial charge in [0.25, 0.3) is 0 Å². The maximum atomic E-state index is 5.24. The van der Waals surface area contributed by atoms with Crippen molar-refractivity contribution in [2.75, 3.05) is 12.5 Å². The Morgan fingerprint density at radius 1 is 1.18 bits per heavy atom. The highest BCUT2D eigenvalue weighted by Crippen LogP contribution is 2.24. The predicted octanol–water partition coefficient (Wildman–Crippen LogP) is 3.39. The van der Waals surface area contributed by atoms with Gasteiger partial charge in [0, 0.05) is 17.6 Å². The maximum absolute atomic E-state index is 5.24. The van der Waals surface area contributed by atoms with Gasteiger partial charge in [-0.3, -0.25) is 10.4 Å². The number of hydrogen-bond donors (Lipinski definition) is 1. The molecule has 3 rings (SSSR count). The van der Waals surface area contributed by atoms with E-state index in [1.54, 1.807) is 19.5 Å². The highest BCUT2D eigenvalue weighted by Gasteiger charge is 2.03. The number of rotatable bonds is 4. The maximum Gasteiger partial charge on any atom is 0.147 e. The van der Waals surface area contributed by atoms with E-state index in [-0.39, 0.29) is 0 Å². The van der Waals surface area contributed by atoms with Crippen LogP contribution in [-0.4, -0.2) is 23.3 Å². The number of ether oxygens (including phenoxy) is 1. The largest absolute Gasteiger partial charge is 0.497 e. The normalized spacial score (nSPS) is 11.0. The lowest BCUT2D eigenvalue weighted by Crippen LogP contribution is -1.96. The summed E-state index contributed by atoms with van der Waals surface area (Å²) < 4.78 is 5.24. The summed E-state index contributed by atoms with van der Waals surface area (Å²) in [6.45, 7) is 2.05. The van der Waals surface area contributed by atoms with Gasteiger partial charge in [-0.2, -0.15) is 5.10 Å².